The van der Waals surface area contributed by atoms with Crippen molar-refractivity contribution in [2.75, 3.05) is 25.1 Å². The number of alkyl halides is 1. The number of ether oxygens (including phenoxy) is 1. The van der Waals surface area contributed by atoms with E-state index in [0.717, 1.165) is 14.7 Å². The molecule has 168 valence electrons. The zero-order chi connectivity index (χ0) is 21.2. The molecule has 0 aliphatic heterocycles. The summed E-state index contributed by atoms with van der Waals surface area (Å²) < 4.78 is 8.22. The van der Waals surface area contributed by atoms with E-state index in [1.54, 1.807) is 0 Å². The first-order valence-corrected chi connectivity index (χ1v) is 13.7. The molecule has 0 heterocycles. The lowest BCUT2D eigenvalue weighted by Crippen LogP contribution is -2.53. The Hall–Kier alpha value is -0.290. The standard InChI is InChI=1S/C26H47INO/c1-4-5-6-7-8-9-10-11-12-13-14-15-16-20-23-28(2,3)26(24-27)29-25-21-18-17-19-22-25/h17-19,21-22,26H,4-16,20,23-24H2,1-3H3/q+1. The highest BCUT2D eigenvalue weighted by Crippen LogP contribution is 2.19. The molecule has 0 saturated carbocycles. The van der Waals surface area contributed by atoms with Gasteiger partial charge in [0.15, 0.2) is 0 Å². The zero-order valence-corrected chi connectivity index (χ0v) is 21.7. The lowest BCUT2D eigenvalue weighted by atomic mass is 10.0. The lowest BCUT2D eigenvalue weighted by Gasteiger charge is -2.36. The first-order valence-electron chi connectivity index (χ1n) is 12.2. The number of unbranched alkanes of at least 4 members (excludes halogenated alkanes) is 13. The number of rotatable bonds is 19. The second kappa shape index (κ2) is 17.4. The molecule has 2 nitrogen and oxygen atoms in total. The van der Waals surface area contributed by atoms with Crippen molar-refractivity contribution in [1.82, 2.24) is 0 Å². The summed E-state index contributed by atoms with van der Waals surface area (Å²) in [7, 11) is 4.63. The molecule has 0 bridgehead atoms. The molecule has 1 unspecified atom stereocenters. The Morgan fingerprint density at radius 2 is 1.17 bits per heavy atom. The molecule has 0 fully saturated rings. The monoisotopic (exact) mass is 516 g/mol. The summed E-state index contributed by atoms with van der Waals surface area (Å²) in [5.74, 6) is 0.987. The Balaban J connectivity index is 2.01. The van der Waals surface area contributed by atoms with Gasteiger partial charge in [0.25, 0.3) is 0 Å². The number of quaternary nitrogens is 1. The average Bonchev–Trinajstić information content (AvgIpc) is 2.72. The third-order valence-corrected chi connectivity index (χ3v) is 6.77. The molecule has 29 heavy (non-hydrogen) atoms. The third-order valence-electron chi connectivity index (χ3n) is 6.01. The maximum absolute atomic E-state index is 6.26. The van der Waals surface area contributed by atoms with Gasteiger partial charge in [0.05, 0.1) is 25.1 Å². The van der Waals surface area contributed by atoms with Crippen molar-refractivity contribution in [1.29, 1.82) is 0 Å². The number of nitrogens with zero attached hydrogens (tertiary/aromatic N) is 1. The fourth-order valence-corrected chi connectivity index (χ4v) is 5.12. The van der Waals surface area contributed by atoms with E-state index in [1.807, 2.05) is 18.2 Å². The second-order valence-corrected chi connectivity index (χ2v) is 10.0. The highest BCUT2D eigenvalue weighted by molar-refractivity contribution is 14.1. The predicted molar refractivity (Wildman–Crippen MR) is 137 cm³/mol. The van der Waals surface area contributed by atoms with E-state index in [4.69, 9.17) is 4.74 Å². The van der Waals surface area contributed by atoms with Gasteiger partial charge in [0.2, 0.25) is 6.23 Å². The topological polar surface area (TPSA) is 9.23 Å². The van der Waals surface area contributed by atoms with E-state index in [9.17, 15) is 0 Å². The lowest BCUT2D eigenvalue weighted by molar-refractivity contribution is -0.929. The number of benzene rings is 1. The van der Waals surface area contributed by atoms with Gasteiger partial charge in [0.1, 0.15) is 5.75 Å². The number of para-hydroxylation sites is 1. The van der Waals surface area contributed by atoms with Gasteiger partial charge in [-0.1, -0.05) is 125 Å². The highest BCUT2D eigenvalue weighted by Gasteiger charge is 2.28. The van der Waals surface area contributed by atoms with Gasteiger partial charge < -0.3 is 4.74 Å². The van der Waals surface area contributed by atoms with Gasteiger partial charge in [-0.25, -0.2) is 0 Å². The number of hydrogen-bond acceptors (Lipinski definition) is 1. The predicted octanol–water partition coefficient (Wildman–Crippen LogP) is 8.38. The van der Waals surface area contributed by atoms with Crippen molar-refractivity contribution in [2.45, 2.75) is 103 Å². The molecule has 1 atom stereocenters. The Morgan fingerprint density at radius 3 is 1.62 bits per heavy atom. The van der Waals surface area contributed by atoms with Crippen LogP contribution in [0.4, 0.5) is 0 Å². The van der Waals surface area contributed by atoms with E-state index in [1.165, 1.54) is 96.4 Å². The third kappa shape index (κ3) is 13.6. The van der Waals surface area contributed by atoms with Crippen molar-refractivity contribution in [2.24, 2.45) is 0 Å². The largest absolute Gasteiger partial charge is 0.442 e. The van der Waals surface area contributed by atoms with Crippen LogP contribution in [0.1, 0.15) is 96.8 Å². The first-order chi connectivity index (χ1) is 14.1. The molecule has 1 aromatic rings. The summed E-state index contributed by atoms with van der Waals surface area (Å²) in [6.07, 6.45) is 20.1. The summed E-state index contributed by atoms with van der Waals surface area (Å²) in [6, 6.07) is 10.3. The van der Waals surface area contributed by atoms with Crippen LogP contribution in [0.25, 0.3) is 0 Å². The van der Waals surface area contributed by atoms with Crippen molar-refractivity contribution in [3.05, 3.63) is 30.3 Å². The fourth-order valence-electron chi connectivity index (χ4n) is 3.87. The van der Waals surface area contributed by atoms with E-state index >= 15 is 0 Å². The minimum Gasteiger partial charge on any atom is -0.442 e. The minimum absolute atomic E-state index is 0.222. The quantitative estimate of drug-likeness (QED) is 0.0590. The Kier molecular flexibility index (Phi) is 16.0. The summed E-state index contributed by atoms with van der Waals surface area (Å²) in [6.45, 7) is 3.49. The van der Waals surface area contributed by atoms with Gasteiger partial charge in [-0.05, 0) is 25.0 Å². The summed E-state index contributed by atoms with van der Waals surface area (Å²) in [5, 5.41) is 0. The van der Waals surface area contributed by atoms with Gasteiger partial charge in [0, 0.05) is 0 Å². The van der Waals surface area contributed by atoms with Crippen molar-refractivity contribution in [3.63, 3.8) is 0 Å². The molecule has 0 amide bonds. The maximum atomic E-state index is 6.26. The average molecular weight is 517 g/mol. The SMILES string of the molecule is CCCCCCCCCCCCCCCC[N+](C)(C)C(CI)Oc1ccccc1. The van der Waals surface area contributed by atoms with E-state index in [0.29, 0.717) is 0 Å². The van der Waals surface area contributed by atoms with Gasteiger partial charge in [-0.2, -0.15) is 0 Å². The van der Waals surface area contributed by atoms with E-state index in [-0.39, 0.29) is 6.23 Å². The zero-order valence-electron chi connectivity index (χ0n) is 19.5. The van der Waals surface area contributed by atoms with Crippen molar-refractivity contribution < 1.29 is 9.22 Å². The molecule has 0 aliphatic rings. The molecular formula is C26H47INO+. The summed E-state index contributed by atoms with van der Waals surface area (Å²) >= 11 is 2.46. The molecule has 1 aromatic carbocycles. The molecule has 0 saturated heterocycles. The summed E-state index contributed by atoms with van der Waals surface area (Å²) in [5.41, 5.74) is 0. The van der Waals surface area contributed by atoms with Crippen LogP contribution in [-0.4, -0.2) is 35.8 Å². The fraction of sp³-hybridized carbons (Fsp3) is 0.769. The van der Waals surface area contributed by atoms with Crippen LogP contribution in [0, 0.1) is 0 Å². The van der Waals surface area contributed by atoms with Crippen LogP contribution >= 0.6 is 22.6 Å². The van der Waals surface area contributed by atoms with Crippen molar-refractivity contribution in [3.8, 4) is 5.75 Å². The van der Waals surface area contributed by atoms with Crippen LogP contribution in [0.5, 0.6) is 5.75 Å². The normalized spacial score (nSPS) is 12.8. The minimum atomic E-state index is 0.222. The molecule has 3 heteroatoms. The molecule has 0 spiro atoms. The number of halogens is 1. The first kappa shape index (κ1) is 26.7. The van der Waals surface area contributed by atoms with Gasteiger partial charge >= 0.3 is 0 Å². The smallest absolute Gasteiger partial charge is 0.242 e. The Labute approximate surface area is 195 Å². The Bertz CT molecular complexity index is 477. The van der Waals surface area contributed by atoms with E-state index < -0.39 is 0 Å². The molecular weight excluding hydrogens is 469 g/mol. The van der Waals surface area contributed by atoms with Crippen LogP contribution in [0.2, 0.25) is 0 Å². The van der Waals surface area contributed by atoms with Crippen LogP contribution in [-0.2, 0) is 0 Å². The maximum Gasteiger partial charge on any atom is 0.242 e. The van der Waals surface area contributed by atoms with Gasteiger partial charge in [-0.3, -0.25) is 4.48 Å². The molecule has 0 aromatic heterocycles. The van der Waals surface area contributed by atoms with Crippen LogP contribution in [0.3, 0.4) is 0 Å². The number of hydrogen-bond donors (Lipinski definition) is 0. The molecule has 1 rings (SSSR count). The van der Waals surface area contributed by atoms with Crippen LogP contribution in [0.15, 0.2) is 30.3 Å². The van der Waals surface area contributed by atoms with Crippen LogP contribution < -0.4 is 4.74 Å². The van der Waals surface area contributed by atoms with Crippen molar-refractivity contribution >= 4 is 22.6 Å². The second-order valence-electron chi connectivity index (χ2n) is 9.14. The van der Waals surface area contributed by atoms with Gasteiger partial charge in [-0.15, -0.1) is 0 Å². The van der Waals surface area contributed by atoms with E-state index in [2.05, 4.69) is 55.7 Å². The molecule has 0 N–H and O–H groups in total. The molecule has 0 aliphatic carbocycles. The Morgan fingerprint density at radius 1 is 0.724 bits per heavy atom. The highest BCUT2D eigenvalue weighted by atomic mass is 127. The molecule has 0 radical (unpaired) electrons. The summed E-state index contributed by atoms with van der Waals surface area (Å²) in [4.78, 5) is 0.